The fourth-order valence-electron chi connectivity index (χ4n) is 6.67. The zero-order valence-electron chi connectivity index (χ0n) is 17.0. The van der Waals surface area contributed by atoms with E-state index in [-0.39, 0.29) is 34.6 Å². The zero-order chi connectivity index (χ0) is 21.1. The van der Waals surface area contributed by atoms with Gasteiger partial charge < -0.3 is 11.1 Å². The van der Waals surface area contributed by atoms with E-state index < -0.39 is 21.0 Å². The lowest BCUT2D eigenvalue weighted by Gasteiger charge is -2.59. The molecule has 7 nitrogen and oxygen atoms in total. The van der Waals surface area contributed by atoms with E-state index in [1.54, 1.807) is 18.2 Å². The minimum Gasteiger partial charge on any atom is -0.369 e. The molecular formula is C22H29N3O4S. The number of hydrogen-bond donors (Lipinski definition) is 3. The number of benzene rings is 1. The van der Waals surface area contributed by atoms with Gasteiger partial charge in [0.1, 0.15) is 5.54 Å². The number of hydrogen-bond acceptors (Lipinski definition) is 4. The first-order chi connectivity index (χ1) is 14.2. The molecule has 2 atom stereocenters. The van der Waals surface area contributed by atoms with Crippen LogP contribution in [0.3, 0.4) is 0 Å². The summed E-state index contributed by atoms with van der Waals surface area (Å²) in [7, 11) is -3.78. The minimum atomic E-state index is -3.78. The molecule has 0 heterocycles. The molecule has 162 valence electrons. The Kier molecular flexibility index (Phi) is 4.52. The molecule has 4 bridgehead atoms. The summed E-state index contributed by atoms with van der Waals surface area (Å²) in [5.41, 5.74) is 4.28. The molecule has 4 N–H and O–H groups in total. The molecular weight excluding hydrogens is 402 g/mol. The smallest absolute Gasteiger partial charge is 0.241 e. The molecule has 1 aromatic rings. The van der Waals surface area contributed by atoms with Crippen LogP contribution >= 0.6 is 0 Å². The van der Waals surface area contributed by atoms with E-state index in [1.807, 2.05) is 0 Å². The largest absolute Gasteiger partial charge is 0.369 e. The second-order valence-corrected chi connectivity index (χ2v) is 11.7. The number of primary amides is 1. The van der Waals surface area contributed by atoms with Crippen molar-refractivity contribution >= 4 is 21.8 Å². The normalized spacial score (nSPS) is 36.1. The van der Waals surface area contributed by atoms with Crippen LogP contribution < -0.4 is 15.8 Å². The average molecular weight is 432 g/mol. The maximum Gasteiger partial charge on any atom is 0.241 e. The van der Waals surface area contributed by atoms with Crippen LogP contribution in [0.15, 0.2) is 35.2 Å². The van der Waals surface area contributed by atoms with Crippen molar-refractivity contribution < 1.29 is 18.0 Å². The third-order valence-corrected chi connectivity index (χ3v) is 9.67. The molecule has 5 saturated carbocycles. The van der Waals surface area contributed by atoms with E-state index in [0.717, 1.165) is 38.5 Å². The quantitative estimate of drug-likeness (QED) is 0.635. The van der Waals surface area contributed by atoms with E-state index in [1.165, 1.54) is 12.1 Å². The van der Waals surface area contributed by atoms with Crippen molar-refractivity contribution in [3.05, 3.63) is 30.3 Å². The average Bonchev–Trinajstić information content (AvgIpc) is 2.67. The second kappa shape index (κ2) is 6.79. The Balaban J connectivity index is 1.33. The Morgan fingerprint density at radius 1 is 1.00 bits per heavy atom. The van der Waals surface area contributed by atoms with E-state index in [2.05, 4.69) is 10.0 Å². The van der Waals surface area contributed by atoms with Crippen LogP contribution in [0.4, 0.5) is 0 Å². The number of amides is 2. The van der Waals surface area contributed by atoms with E-state index in [0.29, 0.717) is 18.8 Å². The van der Waals surface area contributed by atoms with E-state index >= 15 is 0 Å². The van der Waals surface area contributed by atoms with Crippen molar-refractivity contribution in [2.45, 2.75) is 67.8 Å². The van der Waals surface area contributed by atoms with Crippen molar-refractivity contribution in [1.82, 2.24) is 10.0 Å². The summed E-state index contributed by atoms with van der Waals surface area (Å²) >= 11 is 0. The molecule has 8 heteroatoms. The predicted molar refractivity (Wildman–Crippen MR) is 110 cm³/mol. The first kappa shape index (κ1) is 20.0. The highest BCUT2D eigenvalue weighted by molar-refractivity contribution is 7.89. The van der Waals surface area contributed by atoms with Crippen LogP contribution in [-0.4, -0.2) is 31.8 Å². The fraction of sp³-hybridized carbons (Fsp3) is 0.636. The summed E-state index contributed by atoms with van der Waals surface area (Å²) in [6.07, 6.45) is 6.21. The molecule has 0 aromatic heterocycles. The maximum atomic E-state index is 13.3. The number of nitrogens with two attached hydrogens (primary N) is 1. The minimum absolute atomic E-state index is 0.000212. The Labute approximate surface area is 177 Å². The number of rotatable bonds is 6. The molecule has 2 unspecified atom stereocenters. The third-order valence-electron chi connectivity index (χ3n) is 8.12. The zero-order valence-corrected chi connectivity index (χ0v) is 17.8. The van der Waals surface area contributed by atoms with Crippen LogP contribution in [-0.2, 0) is 19.6 Å². The predicted octanol–water partition coefficient (Wildman–Crippen LogP) is 1.68. The number of carbonyl (C=O) groups excluding carboxylic acids is 2. The Bertz CT molecular complexity index is 957. The molecule has 5 aliphatic carbocycles. The fourth-order valence-corrected chi connectivity index (χ4v) is 8.12. The van der Waals surface area contributed by atoms with Gasteiger partial charge in [0.15, 0.2) is 0 Å². The van der Waals surface area contributed by atoms with E-state index in [9.17, 15) is 18.0 Å². The van der Waals surface area contributed by atoms with Crippen LogP contribution in [0.5, 0.6) is 0 Å². The van der Waals surface area contributed by atoms with Gasteiger partial charge >= 0.3 is 0 Å². The van der Waals surface area contributed by atoms with Crippen molar-refractivity contribution in [3.8, 4) is 0 Å². The molecule has 1 aromatic carbocycles. The van der Waals surface area contributed by atoms with Gasteiger partial charge in [0.05, 0.1) is 4.90 Å². The summed E-state index contributed by atoms with van der Waals surface area (Å²) in [5, 5.41) is 3.22. The highest BCUT2D eigenvalue weighted by Crippen LogP contribution is 2.60. The Morgan fingerprint density at radius 3 is 2.17 bits per heavy atom. The monoisotopic (exact) mass is 431 g/mol. The summed E-state index contributed by atoms with van der Waals surface area (Å²) in [6.45, 7) is 0. The highest BCUT2D eigenvalue weighted by atomic mass is 32.2. The topological polar surface area (TPSA) is 118 Å². The van der Waals surface area contributed by atoms with Gasteiger partial charge in [0.2, 0.25) is 21.8 Å². The first-order valence-electron chi connectivity index (χ1n) is 10.9. The van der Waals surface area contributed by atoms with Gasteiger partial charge in [-0.05, 0) is 81.3 Å². The van der Waals surface area contributed by atoms with Crippen molar-refractivity contribution in [1.29, 1.82) is 0 Å². The van der Waals surface area contributed by atoms with Crippen LogP contribution in [0.2, 0.25) is 0 Å². The van der Waals surface area contributed by atoms with Gasteiger partial charge in [0, 0.05) is 11.5 Å². The summed E-state index contributed by atoms with van der Waals surface area (Å²) in [5.74, 6) is 0.583. The summed E-state index contributed by atoms with van der Waals surface area (Å²) < 4.78 is 28.4. The molecule has 5 aliphatic rings. The van der Waals surface area contributed by atoms with E-state index in [4.69, 9.17) is 5.73 Å². The maximum absolute atomic E-state index is 13.3. The highest BCUT2D eigenvalue weighted by Gasteiger charge is 2.59. The SMILES string of the molecule is NC(=O)C12CC3CC(C1)C(NC(=O)C1(NS(=O)(=O)c4ccccc4)CCC1)C(C3)C2. The second-order valence-electron chi connectivity index (χ2n) is 9.97. The van der Waals surface area contributed by atoms with Crippen molar-refractivity contribution in [3.63, 3.8) is 0 Å². The van der Waals surface area contributed by atoms with Gasteiger partial charge in [-0.2, -0.15) is 4.72 Å². The summed E-state index contributed by atoms with van der Waals surface area (Å²) in [4.78, 5) is 25.6. The molecule has 0 saturated heterocycles. The van der Waals surface area contributed by atoms with Crippen molar-refractivity contribution in [2.24, 2.45) is 28.9 Å². The van der Waals surface area contributed by atoms with Crippen LogP contribution in [0, 0.1) is 23.2 Å². The molecule has 0 radical (unpaired) electrons. The number of sulfonamides is 1. The van der Waals surface area contributed by atoms with Gasteiger partial charge in [-0.1, -0.05) is 18.2 Å². The molecule has 6 rings (SSSR count). The Hall–Kier alpha value is -1.93. The van der Waals surface area contributed by atoms with Crippen LogP contribution in [0.1, 0.15) is 51.4 Å². The lowest BCUT2D eigenvalue weighted by atomic mass is 9.47. The third kappa shape index (κ3) is 3.07. The molecule has 30 heavy (non-hydrogen) atoms. The standard InChI is InChI=1S/C22H29N3O4S/c23-19(26)21-11-14-9-15(12-21)18(16(10-14)13-21)24-20(27)22(7-4-8-22)25-30(28,29)17-5-2-1-3-6-17/h1-3,5-6,14-16,18,25H,4,7-13H2,(H2,23,26)(H,24,27). The van der Waals surface area contributed by atoms with Gasteiger partial charge in [-0.3, -0.25) is 9.59 Å². The number of carbonyl (C=O) groups is 2. The molecule has 0 aliphatic heterocycles. The van der Waals surface area contributed by atoms with Crippen molar-refractivity contribution in [2.75, 3.05) is 0 Å². The van der Waals surface area contributed by atoms with Gasteiger partial charge in [-0.15, -0.1) is 0 Å². The van der Waals surface area contributed by atoms with Gasteiger partial charge in [0.25, 0.3) is 0 Å². The van der Waals surface area contributed by atoms with Gasteiger partial charge in [-0.25, -0.2) is 8.42 Å². The lowest BCUT2D eigenvalue weighted by molar-refractivity contribution is -0.149. The van der Waals surface area contributed by atoms with Crippen LogP contribution in [0.25, 0.3) is 0 Å². The lowest BCUT2D eigenvalue weighted by Crippen LogP contribution is -2.68. The number of nitrogens with one attached hydrogen (secondary N) is 2. The Morgan fingerprint density at radius 2 is 1.63 bits per heavy atom. The first-order valence-corrected chi connectivity index (χ1v) is 12.4. The molecule has 2 amide bonds. The molecule has 0 spiro atoms. The molecule has 5 fully saturated rings. The summed E-state index contributed by atoms with van der Waals surface area (Å²) in [6, 6.07) is 8.17.